The lowest BCUT2D eigenvalue weighted by Crippen LogP contribution is -2.33. The molecule has 0 saturated heterocycles. The molecule has 0 aliphatic heterocycles. The number of hydrogen-bond donors (Lipinski definition) is 1. The van der Waals surface area contributed by atoms with Gasteiger partial charge in [0.1, 0.15) is 5.69 Å². The molecule has 1 atom stereocenters. The van der Waals surface area contributed by atoms with E-state index < -0.39 is 5.54 Å². The van der Waals surface area contributed by atoms with E-state index in [4.69, 9.17) is 10.3 Å². The maximum Gasteiger partial charge on any atom is 0.277 e. The van der Waals surface area contributed by atoms with Crippen molar-refractivity contribution in [3.8, 4) is 11.6 Å². The molecule has 0 amide bonds. The molecule has 1 unspecified atom stereocenters. The van der Waals surface area contributed by atoms with Crippen molar-refractivity contribution in [3.05, 3.63) is 42.4 Å². The average molecular weight is 268 g/mol. The predicted octanol–water partition coefficient (Wildman–Crippen LogP) is 2.87. The van der Waals surface area contributed by atoms with Gasteiger partial charge in [-0.3, -0.25) is 4.98 Å². The van der Waals surface area contributed by atoms with Gasteiger partial charge in [-0.25, -0.2) is 0 Å². The smallest absolute Gasteiger partial charge is 0.277 e. The minimum absolute atomic E-state index is 0.405. The maximum atomic E-state index is 6.14. The van der Waals surface area contributed by atoms with Gasteiger partial charge in [-0.15, -0.1) is 0 Å². The van der Waals surface area contributed by atoms with Gasteiger partial charge in [-0.2, -0.15) is 4.98 Å². The first-order chi connectivity index (χ1) is 9.62. The second kappa shape index (κ2) is 4.68. The van der Waals surface area contributed by atoms with Crippen LogP contribution in [-0.4, -0.2) is 15.1 Å². The molecule has 0 bridgehead atoms. The summed E-state index contributed by atoms with van der Waals surface area (Å²) < 4.78 is 5.34. The lowest BCUT2D eigenvalue weighted by atomic mass is 10.00. The molecule has 102 valence electrons. The van der Waals surface area contributed by atoms with E-state index in [2.05, 4.69) is 15.1 Å². The number of nitrogens with two attached hydrogens (primary N) is 1. The van der Waals surface area contributed by atoms with Crippen molar-refractivity contribution < 1.29 is 4.52 Å². The fourth-order valence-corrected chi connectivity index (χ4v) is 2.00. The Morgan fingerprint density at radius 2 is 2.05 bits per heavy atom. The minimum Gasteiger partial charge on any atom is -0.332 e. The van der Waals surface area contributed by atoms with Gasteiger partial charge in [0.05, 0.1) is 5.54 Å². The fraction of sp³-hybridized carbons (Fsp3) is 0.267. The number of benzene rings is 1. The summed E-state index contributed by atoms with van der Waals surface area (Å²) >= 11 is 0. The Morgan fingerprint density at radius 1 is 1.25 bits per heavy atom. The summed E-state index contributed by atoms with van der Waals surface area (Å²) in [5, 5.41) is 6.06. The molecule has 2 N–H and O–H groups in total. The third-order valence-electron chi connectivity index (χ3n) is 3.55. The standard InChI is InChI=1S/C15H16N4O/c1-3-15(2,16)14-18-13(20-19-14)12-11-7-5-4-6-10(11)8-9-17-12/h4-9H,3,16H2,1-2H3. The first kappa shape index (κ1) is 12.7. The molecule has 2 aromatic heterocycles. The van der Waals surface area contributed by atoms with Crippen LogP contribution in [0.1, 0.15) is 26.1 Å². The molecule has 0 saturated carbocycles. The van der Waals surface area contributed by atoms with Crippen LogP contribution in [0.3, 0.4) is 0 Å². The molecular formula is C15H16N4O. The lowest BCUT2D eigenvalue weighted by Gasteiger charge is -2.16. The zero-order chi connectivity index (χ0) is 14.2. The summed E-state index contributed by atoms with van der Waals surface area (Å²) in [7, 11) is 0. The first-order valence-electron chi connectivity index (χ1n) is 6.59. The molecule has 1 aromatic carbocycles. The third kappa shape index (κ3) is 2.06. The predicted molar refractivity (Wildman–Crippen MR) is 76.9 cm³/mol. The van der Waals surface area contributed by atoms with Gasteiger partial charge in [0.15, 0.2) is 5.82 Å². The van der Waals surface area contributed by atoms with E-state index in [-0.39, 0.29) is 0 Å². The van der Waals surface area contributed by atoms with Gasteiger partial charge in [0.2, 0.25) is 0 Å². The van der Waals surface area contributed by atoms with Gasteiger partial charge >= 0.3 is 0 Å². The van der Waals surface area contributed by atoms with Crippen molar-refractivity contribution in [2.24, 2.45) is 5.73 Å². The van der Waals surface area contributed by atoms with Gasteiger partial charge in [-0.05, 0) is 24.8 Å². The van der Waals surface area contributed by atoms with Gasteiger partial charge in [0.25, 0.3) is 5.89 Å². The van der Waals surface area contributed by atoms with E-state index in [9.17, 15) is 0 Å². The first-order valence-corrected chi connectivity index (χ1v) is 6.59. The highest BCUT2D eigenvalue weighted by molar-refractivity contribution is 5.92. The summed E-state index contributed by atoms with van der Waals surface area (Å²) in [6.45, 7) is 3.88. The Bertz CT molecular complexity index is 743. The Morgan fingerprint density at radius 3 is 2.85 bits per heavy atom. The van der Waals surface area contributed by atoms with Crippen LogP contribution in [-0.2, 0) is 5.54 Å². The van der Waals surface area contributed by atoms with Crippen molar-refractivity contribution in [1.29, 1.82) is 0 Å². The SMILES string of the molecule is CCC(C)(N)c1noc(-c2nccc3ccccc23)n1. The van der Waals surface area contributed by atoms with Gasteiger partial charge in [0, 0.05) is 11.6 Å². The van der Waals surface area contributed by atoms with E-state index in [0.717, 1.165) is 17.2 Å². The van der Waals surface area contributed by atoms with Crippen LogP contribution < -0.4 is 5.73 Å². The highest BCUT2D eigenvalue weighted by Gasteiger charge is 2.26. The molecule has 0 aliphatic rings. The zero-order valence-electron chi connectivity index (χ0n) is 11.5. The molecule has 5 nitrogen and oxygen atoms in total. The molecule has 2 heterocycles. The average Bonchev–Trinajstić information content (AvgIpc) is 2.97. The summed E-state index contributed by atoms with van der Waals surface area (Å²) in [6.07, 6.45) is 2.47. The van der Waals surface area contributed by atoms with Crippen LogP contribution in [0.25, 0.3) is 22.4 Å². The second-order valence-corrected chi connectivity index (χ2v) is 5.07. The van der Waals surface area contributed by atoms with E-state index >= 15 is 0 Å². The topological polar surface area (TPSA) is 77.8 Å². The van der Waals surface area contributed by atoms with Gasteiger partial charge in [-0.1, -0.05) is 36.3 Å². The molecule has 20 heavy (non-hydrogen) atoms. The number of aromatic nitrogens is 3. The third-order valence-corrected chi connectivity index (χ3v) is 3.55. The molecule has 3 aromatic rings. The van der Waals surface area contributed by atoms with Crippen LogP contribution >= 0.6 is 0 Å². The van der Waals surface area contributed by atoms with Crippen LogP contribution in [0, 0.1) is 0 Å². The van der Waals surface area contributed by atoms with E-state index in [1.807, 2.05) is 44.2 Å². The number of fused-ring (bicyclic) bond motifs is 1. The van der Waals surface area contributed by atoms with Crippen LogP contribution in [0.4, 0.5) is 0 Å². The number of pyridine rings is 1. The monoisotopic (exact) mass is 268 g/mol. The summed E-state index contributed by atoms with van der Waals surface area (Å²) in [6, 6.07) is 9.92. The van der Waals surface area contributed by atoms with E-state index in [1.54, 1.807) is 6.20 Å². The lowest BCUT2D eigenvalue weighted by molar-refractivity contribution is 0.378. The quantitative estimate of drug-likeness (QED) is 0.790. The van der Waals surface area contributed by atoms with Crippen molar-refractivity contribution in [2.75, 3.05) is 0 Å². The van der Waals surface area contributed by atoms with Crippen molar-refractivity contribution in [3.63, 3.8) is 0 Å². The van der Waals surface area contributed by atoms with Crippen LogP contribution in [0.2, 0.25) is 0 Å². The molecule has 0 fully saturated rings. The maximum absolute atomic E-state index is 6.14. The highest BCUT2D eigenvalue weighted by atomic mass is 16.5. The fourth-order valence-electron chi connectivity index (χ4n) is 2.00. The summed E-state index contributed by atoms with van der Waals surface area (Å²) in [5.41, 5.74) is 6.23. The largest absolute Gasteiger partial charge is 0.332 e. The molecule has 0 aliphatic carbocycles. The van der Waals surface area contributed by atoms with Gasteiger partial charge < -0.3 is 10.3 Å². The van der Waals surface area contributed by atoms with Crippen molar-refractivity contribution in [1.82, 2.24) is 15.1 Å². The highest BCUT2D eigenvalue weighted by Crippen LogP contribution is 2.27. The molecular weight excluding hydrogens is 252 g/mol. The van der Waals surface area contributed by atoms with Crippen LogP contribution in [0.5, 0.6) is 0 Å². The van der Waals surface area contributed by atoms with Crippen LogP contribution in [0.15, 0.2) is 41.1 Å². The normalized spacial score (nSPS) is 14.3. The number of nitrogens with zero attached hydrogens (tertiary/aromatic N) is 3. The Labute approximate surface area is 116 Å². The summed E-state index contributed by atoms with van der Waals surface area (Å²) in [4.78, 5) is 8.77. The Kier molecular flexibility index (Phi) is 2.99. The number of rotatable bonds is 3. The van der Waals surface area contributed by atoms with Crippen molar-refractivity contribution >= 4 is 10.8 Å². The Hall–Kier alpha value is -2.27. The molecule has 0 spiro atoms. The van der Waals surface area contributed by atoms with E-state index in [0.29, 0.717) is 17.4 Å². The second-order valence-electron chi connectivity index (χ2n) is 5.07. The summed E-state index contributed by atoms with van der Waals surface area (Å²) in [5.74, 6) is 0.909. The Balaban J connectivity index is 2.13. The molecule has 0 radical (unpaired) electrons. The molecule has 3 rings (SSSR count). The molecule has 5 heteroatoms. The number of hydrogen-bond acceptors (Lipinski definition) is 5. The van der Waals surface area contributed by atoms with Crippen molar-refractivity contribution in [2.45, 2.75) is 25.8 Å². The minimum atomic E-state index is -0.591. The van der Waals surface area contributed by atoms with E-state index in [1.165, 1.54) is 0 Å². The zero-order valence-corrected chi connectivity index (χ0v) is 11.5.